The number of thiophene rings is 1. The van der Waals surface area contributed by atoms with E-state index in [1.165, 1.54) is 18.3 Å². The van der Waals surface area contributed by atoms with Crippen LogP contribution in [0.2, 0.25) is 0 Å². The van der Waals surface area contributed by atoms with Crippen LogP contribution in [0.1, 0.15) is 60.8 Å². The molecule has 2 heterocycles. The summed E-state index contributed by atoms with van der Waals surface area (Å²) in [6.07, 6.45) is 4.00. The quantitative estimate of drug-likeness (QED) is 0.613. The summed E-state index contributed by atoms with van der Waals surface area (Å²) in [7, 11) is -3.14. The number of nitrogens with zero attached hydrogens (tertiary/aromatic N) is 1. The van der Waals surface area contributed by atoms with Crippen LogP contribution in [0, 0.1) is 5.92 Å². The largest absolute Gasteiger partial charge is 0.452 e. The van der Waals surface area contributed by atoms with E-state index in [1.54, 1.807) is 4.90 Å². The first-order valence-electron chi connectivity index (χ1n) is 10.7. The number of fused-ring (bicyclic) bond motifs is 1. The third-order valence-electron chi connectivity index (χ3n) is 5.52. The molecule has 0 saturated carbocycles. The lowest BCUT2D eigenvalue weighted by molar-refractivity contribution is -0.137. The molecule has 1 saturated heterocycles. The van der Waals surface area contributed by atoms with Crippen molar-refractivity contribution < 1.29 is 27.5 Å². The zero-order valence-electron chi connectivity index (χ0n) is 18.2. The fourth-order valence-electron chi connectivity index (χ4n) is 4.18. The van der Waals surface area contributed by atoms with Gasteiger partial charge < -0.3 is 15.0 Å². The molecule has 0 bridgehead atoms. The van der Waals surface area contributed by atoms with E-state index in [1.807, 2.05) is 13.8 Å². The molecule has 1 atom stereocenters. The molecule has 1 aliphatic heterocycles. The maximum absolute atomic E-state index is 12.9. The van der Waals surface area contributed by atoms with Gasteiger partial charge in [0, 0.05) is 24.4 Å². The Balaban J connectivity index is 1.73. The Kier molecular flexibility index (Phi) is 7.41. The van der Waals surface area contributed by atoms with Crippen molar-refractivity contribution in [3.63, 3.8) is 0 Å². The molecule has 8 nitrogen and oxygen atoms in total. The third-order valence-corrected chi connectivity index (χ3v) is 8.48. The highest BCUT2D eigenvalue weighted by Gasteiger charge is 2.35. The van der Waals surface area contributed by atoms with Crippen molar-refractivity contribution in [1.29, 1.82) is 0 Å². The Morgan fingerprint density at radius 1 is 1.23 bits per heavy atom. The van der Waals surface area contributed by atoms with Crippen molar-refractivity contribution in [2.24, 2.45) is 5.92 Å². The summed E-state index contributed by atoms with van der Waals surface area (Å²) in [5.74, 6) is -1.12. The number of ether oxygens (including phenoxy) is 1. The van der Waals surface area contributed by atoms with E-state index < -0.39 is 28.3 Å². The molecule has 1 aromatic heterocycles. The number of hydrogen-bond donors (Lipinski definition) is 1. The van der Waals surface area contributed by atoms with Gasteiger partial charge in [0.05, 0.1) is 17.1 Å². The molecule has 1 unspecified atom stereocenters. The first-order chi connectivity index (χ1) is 14.6. The highest BCUT2D eigenvalue weighted by molar-refractivity contribution is 7.91. The molecule has 3 rings (SSSR count). The molecule has 1 aromatic rings. The van der Waals surface area contributed by atoms with Gasteiger partial charge in [-0.2, -0.15) is 0 Å². The minimum absolute atomic E-state index is 0.0515. The highest BCUT2D eigenvalue weighted by Crippen LogP contribution is 2.38. The lowest BCUT2D eigenvalue weighted by Crippen LogP contribution is -2.45. The highest BCUT2D eigenvalue weighted by atomic mass is 32.2. The van der Waals surface area contributed by atoms with Gasteiger partial charge in [-0.3, -0.25) is 9.59 Å². The lowest BCUT2D eigenvalue weighted by Gasteiger charge is -2.29. The van der Waals surface area contributed by atoms with E-state index in [-0.39, 0.29) is 29.4 Å². The lowest BCUT2D eigenvalue weighted by atomic mass is 9.95. The average Bonchev–Trinajstić information content (AvgIpc) is 3.22. The fraction of sp³-hybridized carbons (Fsp3) is 0.667. The number of anilines is 1. The summed E-state index contributed by atoms with van der Waals surface area (Å²) in [4.78, 5) is 40.0. The maximum Gasteiger partial charge on any atom is 0.341 e. The Labute approximate surface area is 187 Å². The smallest absolute Gasteiger partial charge is 0.341 e. The van der Waals surface area contributed by atoms with Crippen LogP contribution in [0.5, 0.6) is 0 Å². The Bertz CT molecular complexity index is 967. The number of nitrogens with one attached hydrogen (secondary N) is 1. The van der Waals surface area contributed by atoms with Gasteiger partial charge in [-0.1, -0.05) is 13.8 Å². The SMILES string of the molecule is CC(=O)Nc1sc2c(c1C(=O)OCC(=O)N(CC(C)C)C1CCS(=O)(=O)C1)CCCC2. The van der Waals surface area contributed by atoms with Gasteiger partial charge in [-0.15, -0.1) is 11.3 Å². The molecular weight excluding hydrogens is 440 g/mol. The average molecular weight is 471 g/mol. The molecule has 2 aliphatic rings. The van der Waals surface area contributed by atoms with Crippen molar-refractivity contribution in [1.82, 2.24) is 4.90 Å². The first-order valence-corrected chi connectivity index (χ1v) is 13.3. The van der Waals surface area contributed by atoms with Crippen LogP contribution < -0.4 is 5.32 Å². The summed E-state index contributed by atoms with van der Waals surface area (Å²) in [5.41, 5.74) is 1.25. The summed E-state index contributed by atoms with van der Waals surface area (Å²) < 4.78 is 29.1. The van der Waals surface area contributed by atoms with Crippen LogP contribution in [0.3, 0.4) is 0 Å². The normalized spacial score (nSPS) is 19.7. The number of sulfone groups is 1. The van der Waals surface area contributed by atoms with Crippen molar-refractivity contribution in [3.05, 3.63) is 16.0 Å². The molecule has 0 radical (unpaired) electrons. The van der Waals surface area contributed by atoms with Crippen molar-refractivity contribution in [3.8, 4) is 0 Å². The van der Waals surface area contributed by atoms with Gasteiger partial charge in [-0.05, 0) is 43.6 Å². The fourth-order valence-corrected chi connectivity index (χ4v) is 7.24. The molecule has 2 amide bonds. The van der Waals surface area contributed by atoms with Gasteiger partial charge in [-0.25, -0.2) is 13.2 Å². The zero-order valence-corrected chi connectivity index (χ0v) is 19.9. The molecule has 0 spiro atoms. The van der Waals surface area contributed by atoms with Crippen LogP contribution in [0.15, 0.2) is 0 Å². The number of rotatable bonds is 7. The Morgan fingerprint density at radius 3 is 2.55 bits per heavy atom. The van der Waals surface area contributed by atoms with Crippen LogP contribution in [0.4, 0.5) is 5.00 Å². The molecule has 1 aliphatic carbocycles. The van der Waals surface area contributed by atoms with E-state index in [0.29, 0.717) is 23.5 Å². The van der Waals surface area contributed by atoms with Gasteiger partial charge in [0.2, 0.25) is 5.91 Å². The second-order valence-electron chi connectivity index (χ2n) is 8.67. The second-order valence-corrected chi connectivity index (χ2v) is 12.0. The summed E-state index contributed by atoms with van der Waals surface area (Å²) in [6.45, 7) is 5.24. The van der Waals surface area contributed by atoms with E-state index in [9.17, 15) is 22.8 Å². The Morgan fingerprint density at radius 2 is 1.94 bits per heavy atom. The molecular formula is C21H30N2O6S2. The first kappa shape index (κ1) is 23.7. The Hall–Kier alpha value is -1.94. The van der Waals surface area contributed by atoms with E-state index in [2.05, 4.69) is 5.32 Å². The molecule has 172 valence electrons. The minimum atomic E-state index is -3.14. The third kappa shape index (κ3) is 5.85. The molecule has 1 N–H and O–H groups in total. The van der Waals surface area contributed by atoms with Crippen molar-refractivity contribution in [2.45, 2.75) is 58.9 Å². The topological polar surface area (TPSA) is 110 Å². The molecule has 1 fully saturated rings. The van der Waals surface area contributed by atoms with E-state index in [0.717, 1.165) is 36.1 Å². The van der Waals surface area contributed by atoms with E-state index >= 15 is 0 Å². The molecule has 10 heteroatoms. The zero-order chi connectivity index (χ0) is 22.8. The van der Waals surface area contributed by atoms with Crippen molar-refractivity contribution in [2.75, 3.05) is 30.0 Å². The van der Waals surface area contributed by atoms with Crippen molar-refractivity contribution >= 4 is 44.0 Å². The molecule has 0 aromatic carbocycles. The summed E-state index contributed by atoms with van der Waals surface area (Å²) in [5, 5.41) is 3.19. The van der Waals surface area contributed by atoms with Crippen LogP contribution >= 0.6 is 11.3 Å². The second kappa shape index (κ2) is 9.68. The number of amides is 2. The number of hydrogen-bond acceptors (Lipinski definition) is 7. The number of carbonyl (C=O) groups excluding carboxylic acids is 3. The van der Waals surface area contributed by atoms with Gasteiger partial charge in [0.25, 0.3) is 5.91 Å². The predicted molar refractivity (Wildman–Crippen MR) is 119 cm³/mol. The van der Waals surface area contributed by atoms with Crippen LogP contribution in [0.25, 0.3) is 0 Å². The van der Waals surface area contributed by atoms with E-state index in [4.69, 9.17) is 4.74 Å². The summed E-state index contributed by atoms with van der Waals surface area (Å²) in [6, 6.07) is -0.387. The minimum Gasteiger partial charge on any atom is -0.452 e. The number of aryl methyl sites for hydroxylation is 1. The number of esters is 1. The van der Waals surface area contributed by atoms with Crippen LogP contribution in [-0.2, 0) is 37.0 Å². The standard InChI is InChI=1S/C21H30N2O6S2/c1-13(2)10-23(15-8-9-31(27,28)12-15)18(25)11-29-21(26)19-16-6-4-5-7-17(16)30-20(19)22-14(3)24/h13,15H,4-12H2,1-3H3,(H,22,24). The monoisotopic (exact) mass is 470 g/mol. The molecule has 31 heavy (non-hydrogen) atoms. The maximum atomic E-state index is 12.9. The van der Waals surface area contributed by atoms with Gasteiger partial charge >= 0.3 is 5.97 Å². The summed E-state index contributed by atoms with van der Waals surface area (Å²) >= 11 is 1.39. The van der Waals surface area contributed by atoms with Gasteiger partial charge in [0.15, 0.2) is 16.4 Å². The number of carbonyl (C=O) groups is 3. The van der Waals surface area contributed by atoms with Crippen LogP contribution in [-0.4, -0.2) is 61.8 Å². The van der Waals surface area contributed by atoms with Gasteiger partial charge in [0.1, 0.15) is 5.00 Å². The predicted octanol–water partition coefficient (Wildman–Crippen LogP) is 2.41.